The summed E-state index contributed by atoms with van der Waals surface area (Å²) in [5, 5.41) is 1.00. The van der Waals surface area contributed by atoms with Gasteiger partial charge in [-0.05, 0) is 12.8 Å². The van der Waals surface area contributed by atoms with E-state index in [1.807, 2.05) is 0 Å². The van der Waals surface area contributed by atoms with Crippen molar-refractivity contribution in [2.75, 3.05) is 7.05 Å². The molecule has 1 aliphatic rings. The second-order valence-electron chi connectivity index (χ2n) is 4.50. The second-order valence-corrected chi connectivity index (χ2v) is 4.50. The number of nitrogens with one attached hydrogen (secondary N) is 1. The van der Waals surface area contributed by atoms with E-state index in [1.54, 1.807) is 0 Å². The number of alkyl halides is 6. The molecule has 0 heterocycles. The number of carbonyl (C=O) groups is 1. The Morgan fingerprint density at radius 1 is 1.14 bits per heavy atom. The molecule has 0 radical (unpaired) electrons. The normalized spacial score (nSPS) is 16.0. The Kier molecular flexibility index (Phi) is 7.93. The molecule has 0 atom stereocenters. The Balaban J connectivity index is 0.000000534. The molecule has 5 nitrogen and oxygen atoms in total. The molecule has 128 valence electrons. The highest BCUT2D eigenvalue weighted by Gasteiger charge is 2.33. The molecule has 2 amide bonds. The number of amides is 2. The maximum absolute atomic E-state index is 11.9. The van der Waals surface area contributed by atoms with Crippen LogP contribution in [0.15, 0.2) is 4.99 Å². The highest BCUT2D eigenvalue weighted by Crippen LogP contribution is 2.22. The van der Waals surface area contributed by atoms with Crippen LogP contribution in [0, 0.1) is 0 Å². The van der Waals surface area contributed by atoms with Gasteiger partial charge in [0.1, 0.15) is 0 Å². The molecule has 1 aliphatic carbocycles. The minimum atomic E-state index is -4.75. The summed E-state index contributed by atoms with van der Waals surface area (Å²) in [5.74, 6) is 0. The van der Waals surface area contributed by atoms with E-state index in [1.165, 1.54) is 12.0 Å². The molecule has 0 aromatic carbocycles. The second kappa shape index (κ2) is 8.62. The first-order valence-corrected chi connectivity index (χ1v) is 6.23. The van der Waals surface area contributed by atoms with Crippen LogP contribution in [0.1, 0.15) is 32.1 Å². The van der Waals surface area contributed by atoms with Crippen molar-refractivity contribution in [1.82, 2.24) is 10.2 Å². The molecule has 0 aromatic heterocycles. The summed E-state index contributed by atoms with van der Waals surface area (Å²) >= 11 is 0. The summed E-state index contributed by atoms with van der Waals surface area (Å²) < 4.78 is 67.5. The molecule has 0 saturated heterocycles. The predicted octanol–water partition coefficient (Wildman–Crippen LogP) is 3.32. The third kappa shape index (κ3) is 10.0. The highest BCUT2D eigenvalue weighted by molar-refractivity contribution is 5.74. The lowest BCUT2D eigenvalue weighted by atomic mass is 9.95. The summed E-state index contributed by atoms with van der Waals surface area (Å²) in [6.45, 7) is 0. The van der Waals surface area contributed by atoms with E-state index in [0.29, 0.717) is 6.08 Å². The first-order chi connectivity index (χ1) is 9.96. The molecule has 11 heteroatoms. The SMILES string of the molecule is CN(C(=O)NC(F)(F)F)C1CCCCC1.O=C=NC(F)(F)F. The van der Waals surface area contributed by atoms with Gasteiger partial charge in [-0.3, -0.25) is 0 Å². The summed E-state index contributed by atoms with van der Waals surface area (Å²) in [7, 11) is 1.41. The first-order valence-electron chi connectivity index (χ1n) is 6.23. The van der Waals surface area contributed by atoms with Gasteiger partial charge >= 0.3 is 18.6 Å². The van der Waals surface area contributed by atoms with E-state index in [4.69, 9.17) is 4.79 Å². The number of nitrogens with zero attached hydrogens (tertiary/aromatic N) is 2. The standard InChI is InChI=1S/C9H15F3N2O.C2F3NO/c1-14(7-5-3-2-4-6-7)8(15)13-9(10,11)12;3-2(4,5)6-1-7/h7H,2-6H2,1H3,(H,13,15);. The fraction of sp³-hybridized carbons (Fsp3) is 0.818. The molecule has 0 aliphatic heterocycles. The van der Waals surface area contributed by atoms with Gasteiger partial charge in [0, 0.05) is 13.1 Å². The Labute approximate surface area is 122 Å². The maximum atomic E-state index is 11.9. The number of hydrogen-bond donors (Lipinski definition) is 1. The number of urea groups is 1. The van der Waals surface area contributed by atoms with E-state index in [0.717, 1.165) is 42.3 Å². The van der Waals surface area contributed by atoms with Gasteiger partial charge in [0.05, 0.1) is 0 Å². The average molecular weight is 335 g/mol. The molecule has 0 unspecified atom stereocenters. The van der Waals surface area contributed by atoms with Crippen molar-refractivity contribution in [3.8, 4) is 0 Å². The molecule has 1 saturated carbocycles. The lowest BCUT2D eigenvalue weighted by molar-refractivity contribution is -0.147. The summed E-state index contributed by atoms with van der Waals surface area (Å²) in [6, 6.07) is -1.12. The molecule has 1 N–H and O–H groups in total. The van der Waals surface area contributed by atoms with Gasteiger partial charge < -0.3 is 4.90 Å². The van der Waals surface area contributed by atoms with E-state index < -0.39 is 18.6 Å². The van der Waals surface area contributed by atoms with Gasteiger partial charge in [0.25, 0.3) is 0 Å². The van der Waals surface area contributed by atoms with Gasteiger partial charge in [0.15, 0.2) is 0 Å². The van der Waals surface area contributed by atoms with Crippen LogP contribution < -0.4 is 5.32 Å². The van der Waals surface area contributed by atoms with Crippen LogP contribution in [-0.2, 0) is 4.79 Å². The number of hydrogen-bond acceptors (Lipinski definition) is 3. The van der Waals surface area contributed by atoms with Crippen LogP contribution in [0.4, 0.5) is 31.1 Å². The summed E-state index contributed by atoms with van der Waals surface area (Å²) in [5.41, 5.74) is 0. The zero-order valence-electron chi connectivity index (χ0n) is 11.6. The fourth-order valence-corrected chi connectivity index (χ4v) is 1.90. The van der Waals surface area contributed by atoms with Gasteiger partial charge in [-0.15, -0.1) is 18.2 Å². The zero-order chi connectivity index (χ0) is 17.4. The van der Waals surface area contributed by atoms with E-state index >= 15 is 0 Å². The lowest BCUT2D eigenvalue weighted by Gasteiger charge is -2.31. The summed E-state index contributed by atoms with van der Waals surface area (Å²) in [6.07, 6.45) is -4.38. The molecule has 0 aromatic rings. The Hall–Kier alpha value is -1.77. The molecule has 1 rings (SSSR count). The largest absolute Gasteiger partial charge is 0.513 e. The maximum Gasteiger partial charge on any atom is 0.513 e. The van der Waals surface area contributed by atoms with Crippen molar-refractivity contribution in [1.29, 1.82) is 0 Å². The van der Waals surface area contributed by atoms with Crippen LogP contribution in [0.3, 0.4) is 0 Å². The van der Waals surface area contributed by atoms with Crippen molar-refractivity contribution in [3.63, 3.8) is 0 Å². The quantitative estimate of drug-likeness (QED) is 0.346. The van der Waals surface area contributed by atoms with Crippen molar-refractivity contribution in [2.24, 2.45) is 4.99 Å². The third-order valence-corrected chi connectivity index (χ3v) is 2.86. The minimum Gasteiger partial charge on any atom is -0.325 e. The Bertz CT molecular complexity index is 398. The number of aliphatic imine (C=N–C) groups is 1. The summed E-state index contributed by atoms with van der Waals surface area (Å²) in [4.78, 5) is 22.6. The van der Waals surface area contributed by atoms with Gasteiger partial charge in [-0.25, -0.2) is 14.9 Å². The number of carbonyl (C=O) groups excluding carboxylic acids is 2. The molecular weight excluding hydrogens is 320 g/mol. The third-order valence-electron chi connectivity index (χ3n) is 2.86. The molecule has 22 heavy (non-hydrogen) atoms. The van der Waals surface area contributed by atoms with Crippen LogP contribution in [0.2, 0.25) is 0 Å². The monoisotopic (exact) mass is 335 g/mol. The van der Waals surface area contributed by atoms with E-state index in [-0.39, 0.29) is 6.04 Å². The van der Waals surface area contributed by atoms with E-state index in [2.05, 4.69) is 0 Å². The van der Waals surface area contributed by atoms with Crippen LogP contribution in [-0.4, -0.2) is 42.7 Å². The predicted molar refractivity (Wildman–Crippen MR) is 63.4 cm³/mol. The van der Waals surface area contributed by atoms with Gasteiger partial charge in [-0.1, -0.05) is 19.3 Å². The smallest absolute Gasteiger partial charge is 0.325 e. The lowest BCUT2D eigenvalue weighted by Crippen LogP contribution is -2.49. The highest BCUT2D eigenvalue weighted by atomic mass is 19.4. The van der Waals surface area contributed by atoms with Crippen molar-refractivity contribution < 1.29 is 35.9 Å². The number of halogens is 6. The van der Waals surface area contributed by atoms with Crippen LogP contribution in [0.25, 0.3) is 0 Å². The minimum absolute atomic E-state index is 0.0545. The first kappa shape index (κ1) is 20.2. The van der Waals surface area contributed by atoms with E-state index in [9.17, 15) is 31.1 Å². The molecule has 0 spiro atoms. The Morgan fingerprint density at radius 3 is 1.95 bits per heavy atom. The number of rotatable bonds is 1. The Morgan fingerprint density at radius 2 is 1.64 bits per heavy atom. The van der Waals surface area contributed by atoms with Crippen molar-refractivity contribution >= 4 is 12.1 Å². The number of isocyanates is 1. The molecular formula is C11H15F6N3O2. The molecule has 1 fully saturated rings. The fourth-order valence-electron chi connectivity index (χ4n) is 1.90. The van der Waals surface area contributed by atoms with Gasteiger partial charge in [-0.2, -0.15) is 13.2 Å². The molecule has 0 bridgehead atoms. The van der Waals surface area contributed by atoms with Crippen molar-refractivity contribution in [3.05, 3.63) is 0 Å². The van der Waals surface area contributed by atoms with Crippen LogP contribution >= 0.6 is 0 Å². The van der Waals surface area contributed by atoms with Gasteiger partial charge in [0.2, 0.25) is 6.08 Å². The topological polar surface area (TPSA) is 61.8 Å². The van der Waals surface area contributed by atoms with Crippen molar-refractivity contribution in [2.45, 2.75) is 50.7 Å². The average Bonchev–Trinajstić information content (AvgIpc) is 2.36. The zero-order valence-corrected chi connectivity index (χ0v) is 11.6. The van der Waals surface area contributed by atoms with Crippen LogP contribution in [0.5, 0.6) is 0 Å².